The molecule has 1 rings (SSSR count). The Morgan fingerprint density at radius 3 is 2.21 bits per heavy atom. The maximum absolute atomic E-state index is 11.4. The van der Waals surface area contributed by atoms with Crippen molar-refractivity contribution in [1.29, 1.82) is 0 Å². The zero-order valence-electron chi connectivity index (χ0n) is 15.4. The fourth-order valence-corrected chi connectivity index (χ4v) is 2.68. The minimum absolute atomic E-state index is 0.387. The Morgan fingerprint density at radius 1 is 1.08 bits per heavy atom. The van der Waals surface area contributed by atoms with Gasteiger partial charge >= 0.3 is 0 Å². The number of hydrogen-bond donors (Lipinski definition) is 0. The molecule has 0 saturated carbocycles. The summed E-state index contributed by atoms with van der Waals surface area (Å²) < 4.78 is 10.5. The van der Waals surface area contributed by atoms with Crippen LogP contribution in [-0.2, 0) is 0 Å². The molecule has 1 aromatic carbocycles. The fraction of sp³-hybridized carbons (Fsp3) is 0.450. The van der Waals surface area contributed by atoms with Gasteiger partial charge in [-0.05, 0) is 18.1 Å². The van der Waals surface area contributed by atoms with Crippen molar-refractivity contribution in [2.45, 2.75) is 39.4 Å². The van der Waals surface area contributed by atoms with Crippen LogP contribution in [0.2, 0.25) is 19.6 Å². The van der Waals surface area contributed by atoms with Crippen LogP contribution in [0.25, 0.3) is 0 Å². The molecule has 0 bridgehead atoms. The Hall–Kier alpha value is -2.17. The number of carbonyl (C=O) groups excluding carboxylic acids is 1. The lowest BCUT2D eigenvalue weighted by Gasteiger charge is -2.09. The van der Waals surface area contributed by atoms with Gasteiger partial charge in [0.2, 0.25) is 0 Å². The average molecular weight is 343 g/mol. The molecule has 0 spiro atoms. The Labute approximate surface area is 146 Å². The van der Waals surface area contributed by atoms with Crippen molar-refractivity contribution in [1.82, 2.24) is 0 Å². The molecule has 0 aromatic heterocycles. The molecule has 0 saturated heterocycles. The van der Waals surface area contributed by atoms with E-state index in [-0.39, 0.29) is 0 Å². The van der Waals surface area contributed by atoms with Gasteiger partial charge < -0.3 is 9.47 Å². The van der Waals surface area contributed by atoms with Crippen molar-refractivity contribution >= 4 is 14.4 Å². The first kappa shape index (κ1) is 19.9. The molecule has 0 fully saturated rings. The molecule has 1 atom stereocenters. The van der Waals surface area contributed by atoms with Crippen LogP contribution in [0.3, 0.4) is 0 Å². The third kappa shape index (κ3) is 6.14. The molecular weight excluding hydrogens is 316 g/mol. The number of ether oxygens (including phenoxy) is 2. The number of carbonyl (C=O) groups is 1. The van der Waals surface area contributed by atoms with Gasteiger partial charge in [-0.1, -0.05) is 38.4 Å². The predicted octanol–water partition coefficient (Wildman–Crippen LogP) is 4.16. The van der Waals surface area contributed by atoms with Gasteiger partial charge in [0.15, 0.2) is 6.29 Å². The van der Waals surface area contributed by atoms with E-state index in [1.807, 2.05) is 0 Å². The number of aldehydes is 1. The molecule has 0 aliphatic heterocycles. The molecule has 128 valence electrons. The molecule has 0 radical (unpaired) electrons. The van der Waals surface area contributed by atoms with E-state index in [0.717, 1.165) is 19.1 Å². The third-order valence-electron chi connectivity index (χ3n) is 3.30. The van der Waals surface area contributed by atoms with E-state index < -0.39 is 8.07 Å². The Kier molecular flexibility index (Phi) is 7.62. The van der Waals surface area contributed by atoms with Gasteiger partial charge in [0.25, 0.3) is 0 Å². The van der Waals surface area contributed by atoms with E-state index in [2.05, 4.69) is 49.9 Å². The highest BCUT2D eigenvalue weighted by Crippen LogP contribution is 2.28. The van der Waals surface area contributed by atoms with Crippen molar-refractivity contribution in [3.05, 3.63) is 23.3 Å². The SMILES string of the molecule is COc1ccc(OC)c(C=O)c1C#CCC(C)CC#C[Si](C)(C)C. The molecule has 0 heterocycles. The van der Waals surface area contributed by atoms with Crippen LogP contribution in [0.1, 0.15) is 35.7 Å². The predicted molar refractivity (Wildman–Crippen MR) is 101 cm³/mol. The lowest BCUT2D eigenvalue weighted by atomic mass is 10.0. The van der Waals surface area contributed by atoms with Gasteiger partial charge in [-0.3, -0.25) is 4.79 Å². The van der Waals surface area contributed by atoms with E-state index in [0.29, 0.717) is 28.5 Å². The quantitative estimate of drug-likeness (QED) is 0.458. The van der Waals surface area contributed by atoms with Crippen LogP contribution in [-0.4, -0.2) is 28.6 Å². The maximum atomic E-state index is 11.4. The first-order valence-corrected chi connectivity index (χ1v) is 11.5. The lowest BCUT2D eigenvalue weighted by molar-refractivity contribution is 0.112. The molecule has 1 unspecified atom stereocenters. The van der Waals surface area contributed by atoms with E-state index in [1.54, 1.807) is 19.2 Å². The molecule has 0 N–H and O–H groups in total. The van der Waals surface area contributed by atoms with Crippen LogP contribution >= 0.6 is 0 Å². The van der Waals surface area contributed by atoms with Crippen LogP contribution in [0.4, 0.5) is 0 Å². The largest absolute Gasteiger partial charge is 0.496 e. The van der Waals surface area contributed by atoms with Gasteiger partial charge in [-0.2, -0.15) is 0 Å². The Balaban J connectivity index is 2.92. The van der Waals surface area contributed by atoms with Gasteiger partial charge in [0, 0.05) is 12.8 Å². The van der Waals surface area contributed by atoms with Crippen molar-refractivity contribution in [3.8, 4) is 34.8 Å². The highest BCUT2D eigenvalue weighted by Gasteiger charge is 2.12. The summed E-state index contributed by atoms with van der Waals surface area (Å²) in [4.78, 5) is 11.4. The van der Waals surface area contributed by atoms with Crippen LogP contribution in [0.5, 0.6) is 11.5 Å². The highest BCUT2D eigenvalue weighted by molar-refractivity contribution is 6.83. The first-order valence-electron chi connectivity index (χ1n) is 8.01. The van der Waals surface area contributed by atoms with E-state index in [4.69, 9.17) is 9.47 Å². The number of methoxy groups -OCH3 is 2. The molecule has 4 heteroatoms. The van der Waals surface area contributed by atoms with Crippen molar-refractivity contribution in [2.24, 2.45) is 5.92 Å². The second kappa shape index (κ2) is 9.20. The van der Waals surface area contributed by atoms with Crippen molar-refractivity contribution < 1.29 is 14.3 Å². The summed E-state index contributed by atoms with van der Waals surface area (Å²) in [5.74, 6) is 11.0. The molecule has 24 heavy (non-hydrogen) atoms. The minimum atomic E-state index is -1.31. The van der Waals surface area contributed by atoms with Gasteiger partial charge in [0.05, 0.1) is 25.3 Å². The number of benzene rings is 1. The molecule has 3 nitrogen and oxygen atoms in total. The van der Waals surface area contributed by atoms with E-state index >= 15 is 0 Å². The van der Waals surface area contributed by atoms with E-state index in [1.165, 1.54) is 7.11 Å². The topological polar surface area (TPSA) is 35.5 Å². The molecule has 1 aromatic rings. The minimum Gasteiger partial charge on any atom is -0.496 e. The Morgan fingerprint density at radius 2 is 1.67 bits per heavy atom. The third-order valence-corrected chi connectivity index (χ3v) is 4.23. The zero-order chi connectivity index (χ0) is 18.2. The molecule has 0 aliphatic rings. The fourth-order valence-electron chi connectivity index (χ4n) is 2.05. The summed E-state index contributed by atoms with van der Waals surface area (Å²) >= 11 is 0. The highest BCUT2D eigenvalue weighted by atomic mass is 28.3. The number of rotatable bonds is 5. The Bertz CT molecular complexity index is 694. The number of hydrogen-bond acceptors (Lipinski definition) is 3. The smallest absolute Gasteiger partial charge is 0.155 e. The zero-order valence-corrected chi connectivity index (χ0v) is 16.4. The summed E-state index contributed by atoms with van der Waals surface area (Å²) in [7, 11) is 1.79. The van der Waals surface area contributed by atoms with Crippen LogP contribution in [0.15, 0.2) is 12.1 Å². The summed E-state index contributed by atoms with van der Waals surface area (Å²) in [5.41, 5.74) is 4.37. The standard InChI is InChI=1S/C20H26O3Si/c1-16(10-8-14-24(4,5)6)9-7-11-17-18(15-21)20(23-3)13-12-19(17)22-2/h12-13,15-16H,9-10H2,1-6H3. The molecular formula is C20H26O3Si. The normalized spacial score (nSPS) is 11.4. The molecule has 0 aliphatic carbocycles. The van der Waals surface area contributed by atoms with Crippen LogP contribution in [0, 0.1) is 29.2 Å². The molecule has 0 amide bonds. The van der Waals surface area contributed by atoms with Gasteiger partial charge in [-0.15, -0.1) is 11.5 Å². The first-order chi connectivity index (χ1) is 11.3. The van der Waals surface area contributed by atoms with Crippen molar-refractivity contribution in [2.75, 3.05) is 14.2 Å². The average Bonchev–Trinajstić information content (AvgIpc) is 2.52. The second-order valence-corrected chi connectivity index (χ2v) is 11.5. The van der Waals surface area contributed by atoms with Crippen molar-refractivity contribution in [3.63, 3.8) is 0 Å². The summed E-state index contributed by atoms with van der Waals surface area (Å²) in [5, 5.41) is 0. The lowest BCUT2D eigenvalue weighted by Crippen LogP contribution is -2.16. The van der Waals surface area contributed by atoms with Crippen LogP contribution < -0.4 is 9.47 Å². The summed E-state index contributed by atoms with van der Waals surface area (Å²) in [6, 6.07) is 3.47. The van der Waals surface area contributed by atoms with E-state index in [9.17, 15) is 4.79 Å². The summed E-state index contributed by atoms with van der Waals surface area (Å²) in [6.45, 7) is 8.85. The van der Waals surface area contributed by atoms with Gasteiger partial charge in [0.1, 0.15) is 19.6 Å². The summed E-state index contributed by atoms with van der Waals surface area (Å²) in [6.07, 6.45) is 2.32. The maximum Gasteiger partial charge on any atom is 0.155 e. The monoisotopic (exact) mass is 342 g/mol. The second-order valence-electron chi connectivity index (χ2n) is 6.74. The van der Waals surface area contributed by atoms with Gasteiger partial charge in [-0.25, -0.2) is 0 Å².